The SMILES string of the molecule is CC1CN(CCC(F)(F)F)C(c2ccccc2)CN1. The maximum Gasteiger partial charge on any atom is 0.390 e. The van der Waals surface area contributed by atoms with Crippen molar-refractivity contribution in [3.05, 3.63) is 35.9 Å². The van der Waals surface area contributed by atoms with Gasteiger partial charge in [-0.15, -0.1) is 0 Å². The van der Waals surface area contributed by atoms with E-state index in [2.05, 4.69) is 5.32 Å². The van der Waals surface area contributed by atoms with Crippen molar-refractivity contribution in [3.8, 4) is 0 Å². The predicted octanol–water partition coefficient (Wildman–Crippen LogP) is 2.97. The summed E-state index contributed by atoms with van der Waals surface area (Å²) in [5, 5.41) is 3.33. The van der Waals surface area contributed by atoms with Gasteiger partial charge in [-0.05, 0) is 12.5 Å². The third-order valence-electron chi connectivity index (χ3n) is 3.48. The zero-order chi connectivity index (χ0) is 13.9. The lowest BCUT2D eigenvalue weighted by atomic mass is 10.0. The fraction of sp³-hybridized carbons (Fsp3) is 0.571. The number of rotatable bonds is 3. The second-order valence-electron chi connectivity index (χ2n) is 5.10. The number of nitrogens with one attached hydrogen (secondary N) is 1. The van der Waals surface area contributed by atoms with Crippen molar-refractivity contribution in [1.29, 1.82) is 0 Å². The molecule has 1 N–H and O–H groups in total. The topological polar surface area (TPSA) is 15.3 Å². The van der Waals surface area contributed by atoms with E-state index in [4.69, 9.17) is 0 Å². The summed E-state index contributed by atoms with van der Waals surface area (Å²) in [4.78, 5) is 1.93. The van der Waals surface area contributed by atoms with Gasteiger partial charge in [0.25, 0.3) is 0 Å². The van der Waals surface area contributed by atoms with Crippen molar-refractivity contribution in [2.45, 2.75) is 31.6 Å². The van der Waals surface area contributed by atoms with Gasteiger partial charge in [-0.1, -0.05) is 30.3 Å². The van der Waals surface area contributed by atoms with Crippen LogP contribution < -0.4 is 5.32 Å². The average molecular weight is 272 g/mol. The molecule has 2 unspecified atom stereocenters. The van der Waals surface area contributed by atoms with Gasteiger partial charge in [0.2, 0.25) is 0 Å². The van der Waals surface area contributed by atoms with Crippen molar-refractivity contribution >= 4 is 0 Å². The number of piperazine rings is 1. The van der Waals surface area contributed by atoms with E-state index in [-0.39, 0.29) is 18.6 Å². The summed E-state index contributed by atoms with van der Waals surface area (Å²) in [6.45, 7) is 3.41. The van der Waals surface area contributed by atoms with Crippen molar-refractivity contribution < 1.29 is 13.2 Å². The Bertz CT molecular complexity index is 391. The van der Waals surface area contributed by atoms with Crippen molar-refractivity contribution in [1.82, 2.24) is 10.2 Å². The summed E-state index contributed by atoms with van der Waals surface area (Å²) >= 11 is 0. The first-order valence-electron chi connectivity index (χ1n) is 6.55. The molecule has 0 bridgehead atoms. The second kappa shape index (κ2) is 5.92. The smallest absolute Gasteiger partial charge is 0.311 e. The summed E-state index contributed by atoms with van der Waals surface area (Å²) < 4.78 is 37.2. The maximum atomic E-state index is 12.4. The predicted molar refractivity (Wildman–Crippen MR) is 68.9 cm³/mol. The summed E-state index contributed by atoms with van der Waals surface area (Å²) in [6.07, 6.45) is -4.83. The summed E-state index contributed by atoms with van der Waals surface area (Å²) in [6, 6.07) is 9.98. The third-order valence-corrected chi connectivity index (χ3v) is 3.48. The first-order chi connectivity index (χ1) is 8.96. The van der Waals surface area contributed by atoms with E-state index in [0.717, 1.165) is 5.56 Å². The van der Waals surface area contributed by atoms with Gasteiger partial charge in [-0.25, -0.2) is 0 Å². The highest BCUT2D eigenvalue weighted by Gasteiger charge is 2.32. The van der Waals surface area contributed by atoms with E-state index in [1.807, 2.05) is 42.2 Å². The van der Waals surface area contributed by atoms with E-state index < -0.39 is 12.6 Å². The molecule has 106 valence electrons. The number of alkyl halides is 3. The Morgan fingerprint density at radius 1 is 1.26 bits per heavy atom. The van der Waals surface area contributed by atoms with E-state index in [0.29, 0.717) is 13.1 Å². The molecule has 1 saturated heterocycles. The largest absolute Gasteiger partial charge is 0.390 e. The number of hydrogen-bond donors (Lipinski definition) is 1. The molecule has 1 aliphatic heterocycles. The van der Waals surface area contributed by atoms with Crippen LogP contribution in [-0.2, 0) is 0 Å². The van der Waals surface area contributed by atoms with Crippen LogP contribution in [0.25, 0.3) is 0 Å². The fourth-order valence-electron chi connectivity index (χ4n) is 2.51. The molecule has 1 aromatic carbocycles. The van der Waals surface area contributed by atoms with Crippen molar-refractivity contribution in [3.63, 3.8) is 0 Å². The molecule has 0 aliphatic carbocycles. The molecule has 2 rings (SSSR count). The van der Waals surface area contributed by atoms with E-state index >= 15 is 0 Å². The molecule has 0 amide bonds. The van der Waals surface area contributed by atoms with Gasteiger partial charge in [-0.3, -0.25) is 4.90 Å². The molecule has 19 heavy (non-hydrogen) atoms. The lowest BCUT2D eigenvalue weighted by Gasteiger charge is -2.39. The van der Waals surface area contributed by atoms with Gasteiger partial charge in [0.15, 0.2) is 0 Å². The molecule has 2 atom stereocenters. The first kappa shape index (κ1) is 14.3. The van der Waals surface area contributed by atoms with Crippen LogP contribution in [0.3, 0.4) is 0 Å². The van der Waals surface area contributed by atoms with E-state index in [9.17, 15) is 13.2 Å². The quantitative estimate of drug-likeness (QED) is 0.910. The molecule has 0 radical (unpaired) electrons. The van der Waals surface area contributed by atoms with Gasteiger partial charge < -0.3 is 5.32 Å². The molecule has 1 aromatic rings. The molecular weight excluding hydrogens is 253 g/mol. The van der Waals surface area contributed by atoms with E-state index in [1.165, 1.54) is 0 Å². The van der Waals surface area contributed by atoms with Crippen LogP contribution in [0.1, 0.15) is 24.9 Å². The lowest BCUT2D eigenvalue weighted by Crippen LogP contribution is -2.51. The molecular formula is C14H19F3N2. The Morgan fingerprint density at radius 3 is 2.58 bits per heavy atom. The van der Waals surface area contributed by atoms with Gasteiger partial charge in [0.1, 0.15) is 0 Å². The van der Waals surface area contributed by atoms with Gasteiger partial charge >= 0.3 is 6.18 Å². The molecule has 1 heterocycles. The Hall–Kier alpha value is -1.07. The Balaban J connectivity index is 2.07. The standard InChI is InChI=1S/C14H19F3N2/c1-11-10-19(8-7-14(15,16)17)13(9-18-11)12-5-3-2-4-6-12/h2-6,11,13,18H,7-10H2,1H3. The third kappa shape index (κ3) is 4.21. The van der Waals surface area contributed by atoms with Crippen LogP contribution in [0.4, 0.5) is 13.2 Å². The van der Waals surface area contributed by atoms with Crippen molar-refractivity contribution in [2.75, 3.05) is 19.6 Å². The maximum absolute atomic E-state index is 12.4. The minimum absolute atomic E-state index is 0.0275. The summed E-state index contributed by atoms with van der Waals surface area (Å²) in [5.74, 6) is 0. The Labute approximate surface area is 111 Å². The average Bonchev–Trinajstić information content (AvgIpc) is 2.37. The molecule has 0 aromatic heterocycles. The summed E-state index contributed by atoms with van der Waals surface area (Å²) in [7, 11) is 0. The van der Waals surface area contributed by atoms with Crippen LogP contribution in [0.15, 0.2) is 30.3 Å². The molecule has 2 nitrogen and oxygen atoms in total. The van der Waals surface area contributed by atoms with Crippen LogP contribution in [0, 0.1) is 0 Å². The van der Waals surface area contributed by atoms with Crippen LogP contribution in [-0.4, -0.2) is 36.8 Å². The highest BCUT2D eigenvalue weighted by atomic mass is 19.4. The number of nitrogens with zero attached hydrogens (tertiary/aromatic N) is 1. The zero-order valence-corrected chi connectivity index (χ0v) is 11.0. The van der Waals surface area contributed by atoms with Gasteiger partial charge in [0.05, 0.1) is 6.42 Å². The fourth-order valence-corrected chi connectivity index (χ4v) is 2.51. The zero-order valence-electron chi connectivity index (χ0n) is 11.0. The van der Waals surface area contributed by atoms with Gasteiger partial charge in [-0.2, -0.15) is 13.2 Å². The Kier molecular flexibility index (Phi) is 4.47. The molecule has 0 saturated carbocycles. The highest BCUT2D eigenvalue weighted by Crippen LogP contribution is 2.27. The minimum Gasteiger partial charge on any atom is -0.311 e. The second-order valence-corrected chi connectivity index (χ2v) is 5.10. The van der Waals surface area contributed by atoms with Crippen LogP contribution in [0.2, 0.25) is 0 Å². The van der Waals surface area contributed by atoms with E-state index in [1.54, 1.807) is 0 Å². The normalized spacial score (nSPS) is 25.5. The van der Waals surface area contributed by atoms with Crippen LogP contribution >= 0.6 is 0 Å². The minimum atomic E-state index is -4.09. The highest BCUT2D eigenvalue weighted by molar-refractivity contribution is 5.20. The van der Waals surface area contributed by atoms with Crippen molar-refractivity contribution in [2.24, 2.45) is 0 Å². The molecule has 0 spiro atoms. The van der Waals surface area contributed by atoms with Crippen LogP contribution in [0.5, 0.6) is 0 Å². The van der Waals surface area contributed by atoms with Gasteiger partial charge in [0, 0.05) is 31.7 Å². The number of halogens is 3. The molecule has 5 heteroatoms. The Morgan fingerprint density at radius 2 is 1.95 bits per heavy atom. The number of hydrogen-bond acceptors (Lipinski definition) is 2. The molecule has 1 aliphatic rings. The lowest BCUT2D eigenvalue weighted by molar-refractivity contribution is -0.140. The molecule has 1 fully saturated rings. The monoisotopic (exact) mass is 272 g/mol. The first-order valence-corrected chi connectivity index (χ1v) is 6.55. The number of benzene rings is 1. The summed E-state index contributed by atoms with van der Waals surface area (Å²) in [5.41, 5.74) is 1.07.